The molecule has 102 valence electrons. The van der Waals surface area contributed by atoms with Crippen molar-refractivity contribution in [2.75, 3.05) is 7.05 Å². The van der Waals surface area contributed by atoms with Gasteiger partial charge in [0.2, 0.25) is 0 Å². The largest absolute Gasteiger partial charge is 0.313 e. The van der Waals surface area contributed by atoms with E-state index in [0.29, 0.717) is 6.04 Å². The zero-order chi connectivity index (χ0) is 13.8. The van der Waals surface area contributed by atoms with Crippen molar-refractivity contribution in [3.8, 4) is 0 Å². The molecule has 2 heterocycles. The fraction of sp³-hybridized carbons (Fsp3) is 0.467. The normalized spacial score (nSPS) is 12.9. The predicted molar refractivity (Wildman–Crippen MR) is 77.1 cm³/mol. The van der Waals surface area contributed by atoms with E-state index < -0.39 is 0 Å². The molecule has 0 bridgehead atoms. The van der Waals surface area contributed by atoms with Crippen LogP contribution in [0, 0.1) is 6.92 Å². The molecule has 0 aromatic carbocycles. The molecule has 0 amide bonds. The lowest BCUT2D eigenvalue weighted by atomic mass is 10.0. The van der Waals surface area contributed by atoms with Crippen molar-refractivity contribution in [1.29, 1.82) is 0 Å². The third-order valence-electron chi connectivity index (χ3n) is 3.38. The molecule has 19 heavy (non-hydrogen) atoms. The molecule has 0 spiro atoms. The number of aromatic nitrogens is 3. The summed E-state index contributed by atoms with van der Waals surface area (Å²) in [5, 5.41) is 7.97. The van der Waals surface area contributed by atoms with Crippen molar-refractivity contribution in [3.63, 3.8) is 0 Å². The van der Waals surface area contributed by atoms with Crippen molar-refractivity contribution < 1.29 is 0 Å². The zero-order valence-corrected chi connectivity index (χ0v) is 12.1. The first-order valence-electron chi connectivity index (χ1n) is 6.74. The Labute approximate surface area is 114 Å². The molecule has 0 saturated heterocycles. The van der Waals surface area contributed by atoms with Gasteiger partial charge < -0.3 is 5.32 Å². The maximum absolute atomic E-state index is 4.61. The van der Waals surface area contributed by atoms with Crippen LogP contribution in [-0.4, -0.2) is 21.8 Å². The van der Waals surface area contributed by atoms with Gasteiger partial charge in [0.15, 0.2) is 0 Å². The lowest BCUT2D eigenvalue weighted by molar-refractivity contribution is 0.514. The highest BCUT2D eigenvalue weighted by Gasteiger charge is 2.14. The number of nitrogens with zero attached hydrogens (tertiary/aromatic N) is 3. The Morgan fingerprint density at radius 2 is 2.11 bits per heavy atom. The molecule has 2 aromatic rings. The van der Waals surface area contributed by atoms with Crippen LogP contribution in [0.1, 0.15) is 42.9 Å². The Bertz CT molecular complexity index is 530. The summed E-state index contributed by atoms with van der Waals surface area (Å²) < 4.78 is 2.00. The van der Waals surface area contributed by atoms with Crippen LogP contribution in [0.15, 0.2) is 30.6 Å². The maximum Gasteiger partial charge on any atom is 0.0643 e. The molecule has 0 aliphatic carbocycles. The summed E-state index contributed by atoms with van der Waals surface area (Å²) in [6, 6.07) is 6.87. The monoisotopic (exact) mass is 258 g/mol. The first-order valence-corrected chi connectivity index (χ1v) is 6.74. The molecule has 4 nitrogen and oxygen atoms in total. The van der Waals surface area contributed by atoms with Gasteiger partial charge in [0.25, 0.3) is 0 Å². The quantitative estimate of drug-likeness (QED) is 0.896. The Morgan fingerprint density at radius 1 is 1.32 bits per heavy atom. The third kappa shape index (κ3) is 3.20. The standard InChI is InChI=1S/C15H22N4/c1-11(2)19-9-7-13(18-19)10-15(16-4)14-6-5-8-17-12(14)3/h5-9,11,15-16H,10H2,1-4H3. The Hall–Kier alpha value is -1.68. The van der Waals surface area contributed by atoms with E-state index in [4.69, 9.17) is 0 Å². The average molecular weight is 258 g/mol. The van der Waals surface area contributed by atoms with Gasteiger partial charge in [-0.3, -0.25) is 9.67 Å². The van der Waals surface area contributed by atoms with Gasteiger partial charge in [-0.15, -0.1) is 0 Å². The summed E-state index contributed by atoms with van der Waals surface area (Å²) in [5.41, 5.74) is 3.42. The molecule has 0 aliphatic rings. The molecular formula is C15H22N4. The van der Waals surface area contributed by atoms with Crippen LogP contribution in [-0.2, 0) is 6.42 Å². The minimum atomic E-state index is 0.254. The van der Waals surface area contributed by atoms with Crippen LogP contribution in [0.25, 0.3) is 0 Å². The van der Waals surface area contributed by atoms with Crippen LogP contribution in [0.3, 0.4) is 0 Å². The van der Waals surface area contributed by atoms with Gasteiger partial charge in [0.05, 0.1) is 5.69 Å². The first-order chi connectivity index (χ1) is 9.11. The van der Waals surface area contributed by atoms with Gasteiger partial charge >= 0.3 is 0 Å². The van der Waals surface area contributed by atoms with E-state index in [-0.39, 0.29) is 6.04 Å². The number of hydrogen-bond acceptors (Lipinski definition) is 3. The number of nitrogens with one attached hydrogen (secondary N) is 1. The van der Waals surface area contributed by atoms with E-state index in [9.17, 15) is 0 Å². The molecular weight excluding hydrogens is 236 g/mol. The number of aryl methyl sites for hydroxylation is 1. The van der Waals surface area contributed by atoms with E-state index >= 15 is 0 Å². The predicted octanol–water partition coefficient (Wildman–Crippen LogP) is 2.67. The zero-order valence-electron chi connectivity index (χ0n) is 12.1. The van der Waals surface area contributed by atoms with Crippen LogP contribution in [0.2, 0.25) is 0 Å². The molecule has 1 N–H and O–H groups in total. The van der Waals surface area contributed by atoms with Crippen LogP contribution in [0.4, 0.5) is 0 Å². The second-order valence-electron chi connectivity index (χ2n) is 5.10. The molecule has 1 atom stereocenters. The SMILES string of the molecule is CNC(Cc1ccn(C(C)C)n1)c1cccnc1C. The number of likely N-dealkylation sites (N-methyl/N-ethyl adjacent to an activating group) is 1. The summed E-state index contributed by atoms with van der Waals surface area (Å²) in [4.78, 5) is 4.36. The molecule has 0 saturated carbocycles. The maximum atomic E-state index is 4.61. The van der Waals surface area contributed by atoms with Crippen molar-refractivity contribution in [2.45, 2.75) is 39.3 Å². The minimum Gasteiger partial charge on any atom is -0.313 e. The van der Waals surface area contributed by atoms with Gasteiger partial charge in [-0.05, 0) is 45.5 Å². The van der Waals surface area contributed by atoms with Crippen LogP contribution >= 0.6 is 0 Å². The lowest BCUT2D eigenvalue weighted by Crippen LogP contribution is -2.20. The van der Waals surface area contributed by atoms with E-state index in [0.717, 1.165) is 17.8 Å². The van der Waals surface area contributed by atoms with Crippen LogP contribution < -0.4 is 5.32 Å². The summed E-state index contributed by atoms with van der Waals surface area (Å²) in [5.74, 6) is 0. The molecule has 2 aromatic heterocycles. The number of rotatable bonds is 5. The van der Waals surface area contributed by atoms with Gasteiger partial charge in [0, 0.05) is 36.6 Å². The fourth-order valence-corrected chi connectivity index (χ4v) is 2.22. The van der Waals surface area contributed by atoms with E-state index in [1.165, 1.54) is 5.56 Å². The minimum absolute atomic E-state index is 0.254. The summed E-state index contributed by atoms with van der Waals surface area (Å²) in [6.45, 7) is 6.32. The Balaban J connectivity index is 2.17. The third-order valence-corrected chi connectivity index (χ3v) is 3.38. The molecule has 2 rings (SSSR count). The molecule has 0 fully saturated rings. The number of hydrogen-bond donors (Lipinski definition) is 1. The van der Waals surface area contributed by atoms with Crippen molar-refractivity contribution in [1.82, 2.24) is 20.1 Å². The smallest absolute Gasteiger partial charge is 0.0643 e. The average Bonchev–Trinajstić information content (AvgIpc) is 2.86. The molecule has 1 unspecified atom stereocenters. The molecule has 4 heteroatoms. The van der Waals surface area contributed by atoms with E-state index in [2.05, 4.69) is 41.4 Å². The Kier molecular flexibility index (Phi) is 4.32. The second-order valence-corrected chi connectivity index (χ2v) is 5.10. The second kappa shape index (κ2) is 5.97. The van der Waals surface area contributed by atoms with E-state index in [1.807, 2.05) is 37.1 Å². The van der Waals surface area contributed by atoms with Crippen LogP contribution in [0.5, 0.6) is 0 Å². The van der Waals surface area contributed by atoms with Gasteiger partial charge in [-0.2, -0.15) is 5.10 Å². The highest BCUT2D eigenvalue weighted by molar-refractivity contribution is 5.24. The highest BCUT2D eigenvalue weighted by Crippen LogP contribution is 2.19. The summed E-state index contributed by atoms with van der Waals surface area (Å²) >= 11 is 0. The lowest BCUT2D eigenvalue weighted by Gasteiger charge is -2.17. The molecule has 0 radical (unpaired) electrons. The number of pyridine rings is 1. The fourth-order valence-electron chi connectivity index (χ4n) is 2.22. The summed E-state index contributed by atoms with van der Waals surface area (Å²) in [7, 11) is 1.98. The van der Waals surface area contributed by atoms with Gasteiger partial charge in [0.1, 0.15) is 0 Å². The van der Waals surface area contributed by atoms with Gasteiger partial charge in [-0.25, -0.2) is 0 Å². The summed E-state index contributed by atoms with van der Waals surface area (Å²) in [6.07, 6.45) is 4.75. The molecule has 0 aliphatic heterocycles. The van der Waals surface area contributed by atoms with E-state index in [1.54, 1.807) is 0 Å². The topological polar surface area (TPSA) is 42.7 Å². The van der Waals surface area contributed by atoms with Gasteiger partial charge in [-0.1, -0.05) is 6.07 Å². The van der Waals surface area contributed by atoms with Crippen molar-refractivity contribution in [3.05, 3.63) is 47.5 Å². The van der Waals surface area contributed by atoms with Crippen molar-refractivity contribution in [2.24, 2.45) is 0 Å². The highest BCUT2D eigenvalue weighted by atomic mass is 15.3. The van der Waals surface area contributed by atoms with Crippen molar-refractivity contribution >= 4 is 0 Å². The Morgan fingerprint density at radius 3 is 2.68 bits per heavy atom. The first kappa shape index (κ1) is 13.7.